The van der Waals surface area contributed by atoms with Gasteiger partial charge in [-0.3, -0.25) is 19.9 Å². The number of guanidine groups is 1. The lowest BCUT2D eigenvalue weighted by Gasteiger charge is -2.15. The molecule has 10 nitrogen and oxygen atoms in total. The number of hydrogen-bond donors (Lipinski definition) is 5. The molecule has 0 bridgehead atoms. The molecule has 5 N–H and O–H groups in total. The maximum absolute atomic E-state index is 12.2. The van der Waals surface area contributed by atoms with Gasteiger partial charge in [-0.25, -0.2) is 4.79 Å². The highest BCUT2D eigenvalue weighted by molar-refractivity contribution is 6.02. The van der Waals surface area contributed by atoms with E-state index in [-0.39, 0.29) is 30.3 Å². The van der Waals surface area contributed by atoms with Crippen molar-refractivity contribution in [1.82, 2.24) is 16.0 Å². The van der Waals surface area contributed by atoms with E-state index < -0.39 is 24.6 Å². The van der Waals surface area contributed by atoms with Crippen LogP contribution >= 0.6 is 0 Å². The van der Waals surface area contributed by atoms with Crippen LogP contribution in [0.25, 0.3) is 0 Å². The third-order valence-corrected chi connectivity index (χ3v) is 5.32. The van der Waals surface area contributed by atoms with Crippen molar-refractivity contribution < 1.29 is 24.2 Å². The molecule has 1 heterocycles. The molecule has 1 saturated carbocycles. The molecule has 1 aromatic carbocycles. The quantitative estimate of drug-likeness (QED) is 0.322. The van der Waals surface area contributed by atoms with Crippen molar-refractivity contribution in [3.8, 4) is 0 Å². The number of ether oxygens (including phenoxy) is 1. The number of rotatable bonds is 7. The van der Waals surface area contributed by atoms with E-state index in [0.717, 1.165) is 11.3 Å². The van der Waals surface area contributed by atoms with Gasteiger partial charge in [-0.1, -0.05) is 17.7 Å². The van der Waals surface area contributed by atoms with Crippen molar-refractivity contribution in [1.29, 1.82) is 0 Å². The molecular weight excluding hydrogens is 390 g/mol. The van der Waals surface area contributed by atoms with Crippen LogP contribution in [0.4, 0.5) is 10.5 Å². The van der Waals surface area contributed by atoms with Gasteiger partial charge in [0.1, 0.15) is 6.54 Å². The minimum Gasteiger partial charge on any atom is -0.480 e. The predicted molar refractivity (Wildman–Crippen MR) is 110 cm³/mol. The monoisotopic (exact) mass is 417 g/mol. The molecule has 2 fully saturated rings. The Hall–Kier alpha value is -3.14. The number of aliphatic carboxylic acids is 1. The van der Waals surface area contributed by atoms with Gasteiger partial charge in [0, 0.05) is 12.2 Å². The first-order valence-corrected chi connectivity index (χ1v) is 9.93. The number of carbonyl (C=O) groups excluding carboxylic acids is 2. The summed E-state index contributed by atoms with van der Waals surface area (Å²) in [5, 5.41) is 20.0. The van der Waals surface area contributed by atoms with E-state index in [0.29, 0.717) is 19.0 Å². The molecule has 1 aromatic rings. The van der Waals surface area contributed by atoms with E-state index in [1.165, 1.54) is 0 Å². The fourth-order valence-corrected chi connectivity index (χ4v) is 3.80. The zero-order chi connectivity index (χ0) is 21.7. The number of hydrogen-bond acceptors (Lipinski definition) is 6. The normalized spacial score (nSPS) is 24.5. The molecule has 4 atom stereocenters. The van der Waals surface area contributed by atoms with Gasteiger partial charge in [0.15, 0.2) is 0 Å². The second kappa shape index (κ2) is 9.57. The predicted octanol–water partition coefficient (Wildman–Crippen LogP) is 0.544. The summed E-state index contributed by atoms with van der Waals surface area (Å²) in [6, 6.07) is 7.25. The number of carbonyl (C=O) groups is 3. The van der Waals surface area contributed by atoms with E-state index in [2.05, 4.69) is 26.3 Å². The van der Waals surface area contributed by atoms with E-state index in [9.17, 15) is 14.4 Å². The van der Waals surface area contributed by atoms with Gasteiger partial charge in [-0.05, 0) is 50.3 Å². The molecule has 10 heteroatoms. The zero-order valence-corrected chi connectivity index (χ0v) is 17.0. The number of nitrogens with one attached hydrogen (secondary N) is 4. The van der Waals surface area contributed by atoms with E-state index >= 15 is 0 Å². The number of aryl methyl sites for hydroxylation is 1. The summed E-state index contributed by atoms with van der Waals surface area (Å²) in [5.74, 6) is -0.512. The Kier molecular flexibility index (Phi) is 6.88. The van der Waals surface area contributed by atoms with E-state index in [1.54, 1.807) is 6.92 Å². The van der Waals surface area contributed by atoms with Crippen molar-refractivity contribution in [3.63, 3.8) is 0 Å². The number of amides is 2. The van der Waals surface area contributed by atoms with Crippen LogP contribution < -0.4 is 21.3 Å². The molecule has 0 unspecified atom stereocenters. The lowest BCUT2D eigenvalue weighted by atomic mass is 10.1. The van der Waals surface area contributed by atoms with Crippen LogP contribution in [0.15, 0.2) is 29.3 Å². The molecule has 0 aromatic heterocycles. The first-order valence-electron chi connectivity index (χ1n) is 9.93. The third kappa shape index (κ3) is 5.47. The number of fused-ring (bicyclic) bond motifs is 1. The van der Waals surface area contributed by atoms with Crippen molar-refractivity contribution in [2.24, 2.45) is 22.7 Å². The Morgan fingerprint density at radius 2 is 2.00 bits per heavy atom. The number of carboxylic acid groups (broad SMARTS) is 1. The summed E-state index contributed by atoms with van der Waals surface area (Å²) < 4.78 is 4.94. The van der Waals surface area contributed by atoms with Gasteiger partial charge in [-0.15, -0.1) is 0 Å². The Bertz CT molecular complexity index is 825. The van der Waals surface area contributed by atoms with Crippen LogP contribution in [0.3, 0.4) is 0 Å². The molecule has 2 aliphatic rings. The Labute approximate surface area is 174 Å². The van der Waals surface area contributed by atoms with Crippen LogP contribution in [0.5, 0.6) is 0 Å². The van der Waals surface area contributed by atoms with Crippen molar-refractivity contribution in [3.05, 3.63) is 29.8 Å². The van der Waals surface area contributed by atoms with E-state index in [4.69, 9.17) is 9.84 Å². The molecule has 1 saturated heterocycles. The molecule has 162 valence electrons. The van der Waals surface area contributed by atoms with Crippen molar-refractivity contribution in [2.45, 2.75) is 19.9 Å². The number of carboxylic acids is 1. The fraction of sp³-hybridized carbons (Fsp3) is 0.500. The number of anilines is 1. The molecule has 0 spiro atoms. The van der Waals surface area contributed by atoms with Crippen molar-refractivity contribution in [2.75, 3.05) is 31.6 Å². The van der Waals surface area contributed by atoms with E-state index in [1.807, 2.05) is 31.2 Å². The fourth-order valence-electron chi connectivity index (χ4n) is 3.80. The SMILES string of the molecule is CCOC(=O)NC(=NC[C@@H]1[C@H]2CN[C@H](C(=O)NCC(=O)O)[C@@H]12)Nc1ccc(C)cc1. The Morgan fingerprint density at radius 3 is 2.67 bits per heavy atom. The lowest BCUT2D eigenvalue weighted by Crippen LogP contribution is -2.45. The average Bonchev–Trinajstić information content (AvgIpc) is 3.20. The molecule has 1 aliphatic heterocycles. The Balaban J connectivity index is 1.61. The number of nitrogens with zero attached hydrogens (tertiary/aromatic N) is 1. The topological polar surface area (TPSA) is 141 Å². The second-order valence-electron chi connectivity index (χ2n) is 7.43. The van der Waals surface area contributed by atoms with Gasteiger partial charge in [0.05, 0.1) is 12.6 Å². The molecular formula is C20H27N5O5. The molecule has 0 radical (unpaired) electrons. The number of alkyl carbamates (subject to hydrolysis) is 1. The number of piperidine rings is 1. The second-order valence-corrected chi connectivity index (χ2v) is 7.43. The summed E-state index contributed by atoms with van der Waals surface area (Å²) >= 11 is 0. The van der Waals surface area contributed by atoms with Crippen LogP contribution in [0, 0.1) is 24.7 Å². The van der Waals surface area contributed by atoms with Gasteiger partial charge in [0.2, 0.25) is 11.9 Å². The van der Waals surface area contributed by atoms with Gasteiger partial charge < -0.3 is 25.8 Å². The van der Waals surface area contributed by atoms with Crippen LogP contribution in [-0.2, 0) is 14.3 Å². The minimum absolute atomic E-state index is 0.103. The van der Waals surface area contributed by atoms with Gasteiger partial charge in [0.25, 0.3) is 0 Å². The highest BCUT2D eigenvalue weighted by atomic mass is 16.5. The van der Waals surface area contributed by atoms with Crippen LogP contribution in [0.2, 0.25) is 0 Å². The molecule has 3 rings (SSSR count). The van der Waals surface area contributed by atoms with Gasteiger partial charge >= 0.3 is 12.1 Å². The average molecular weight is 417 g/mol. The molecule has 1 aliphatic carbocycles. The highest BCUT2D eigenvalue weighted by Crippen LogP contribution is 2.52. The number of benzene rings is 1. The number of aliphatic imine (C=N–C) groups is 1. The summed E-state index contributed by atoms with van der Waals surface area (Å²) in [6.07, 6.45) is -0.598. The smallest absolute Gasteiger partial charge is 0.413 e. The van der Waals surface area contributed by atoms with Gasteiger partial charge in [-0.2, -0.15) is 0 Å². The highest BCUT2D eigenvalue weighted by Gasteiger charge is 2.59. The lowest BCUT2D eigenvalue weighted by molar-refractivity contribution is -0.138. The summed E-state index contributed by atoms with van der Waals surface area (Å²) in [4.78, 5) is 39.2. The standard InChI is InChI=1S/C20H27N5O5/c1-3-30-20(29)25-19(24-12-6-4-11(2)5-7-12)23-9-14-13-8-21-17(16(13)14)18(28)22-10-15(26)27/h4-7,13-14,16-17,21H,3,8-10H2,1-2H3,(H,22,28)(H,26,27)(H2,23,24,25,29)/t13-,14-,16-,17+/m1/s1. The minimum atomic E-state index is -1.08. The summed E-state index contributed by atoms with van der Waals surface area (Å²) in [5.41, 5.74) is 1.89. The first kappa shape index (κ1) is 21.6. The van der Waals surface area contributed by atoms with Crippen LogP contribution in [-0.4, -0.2) is 61.3 Å². The van der Waals surface area contributed by atoms with Crippen molar-refractivity contribution >= 4 is 29.6 Å². The van der Waals surface area contributed by atoms with Crippen LogP contribution in [0.1, 0.15) is 12.5 Å². The largest absolute Gasteiger partial charge is 0.480 e. The molecule has 2 amide bonds. The maximum Gasteiger partial charge on any atom is 0.413 e. The summed E-state index contributed by atoms with van der Waals surface area (Å²) in [6.45, 7) is 4.67. The zero-order valence-electron chi connectivity index (χ0n) is 17.0. The summed E-state index contributed by atoms with van der Waals surface area (Å²) in [7, 11) is 0. The first-order chi connectivity index (χ1) is 14.4. The molecule has 30 heavy (non-hydrogen) atoms. The maximum atomic E-state index is 12.2. The Morgan fingerprint density at radius 1 is 1.27 bits per heavy atom. The third-order valence-electron chi connectivity index (χ3n) is 5.32.